The van der Waals surface area contributed by atoms with Crippen molar-refractivity contribution in [2.24, 2.45) is 0 Å². The molecule has 1 aliphatic heterocycles. The SMILES string of the molecule is O=C(c1cccs1)N1CCC(Oc2cccc3nccn23)CC1. The van der Waals surface area contributed by atoms with Crippen LogP contribution in [0.25, 0.3) is 5.65 Å². The van der Waals surface area contributed by atoms with Gasteiger partial charge in [0.1, 0.15) is 11.8 Å². The van der Waals surface area contributed by atoms with Crippen LogP contribution in [0, 0.1) is 0 Å². The van der Waals surface area contributed by atoms with Gasteiger partial charge in [-0.1, -0.05) is 12.1 Å². The van der Waals surface area contributed by atoms with E-state index in [2.05, 4.69) is 4.98 Å². The van der Waals surface area contributed by atoms with Crippen molar-refractivity contribution in [3.05, 3.63) is 53.0 Å². The molecule has 5 nitrogen and oxygen atoms in total. The van der Waals surface area contributed by atoms with Crippen molar-refractivity contribution in [2.75, 3.05) is 13.1 Å². The highest BCUT2D eigenvalue weighted by Gasteiger charge is 2.25. The molecule has 1 aliphatic rings. The summed E-state index contributed by atoms with van der Waals surface area (Å²) in [5.41, 5.74) is 0.882. The molecule has 3 aromatic rings. The van der Waals surface area contributed by atoms with Gasteiger partial charge in [0.05, 0.1) is 4.88 Å². The van der Waals surface area contributed by atoms with Gasteiger partial charge in [-0.2, -0.15) is 0 Å². The molecule has 1 fully saturated rings. The molecule has 0 saturated carbocycles. The molecule has 0 bridgehead atoms. The van der Waals surface area contributed by atoms with E-state index in [-0.39, 0.29) is 12.0 Å². The number of carbonyl (C=O) groups excluding carboxylic acids is 1. The lowest BCUT2D eigenvalue weighted by molar-refractivity contribution is 0.0590. The molecule has 6 heteroatoms. The molecule has 1 amide bonds. The van der Waals surface area contributed by atoms with Crippen molar-refractivity contribution in [1.82, 2.24) is 14.3 Å². The van der Waals surface area contributed by atoms with Crippen LogP contribution < -0.4 is 4.74 Å². The summed E-state index contributed by atoms with van der Waals surface area (Å²) in [4.78, 5) is 19.3. The Balaban J connectivity index is 1.40. The number of likely N-dealkylation sites (tertiary alicyclic amines) is 1. The van der Waals surface area contributed by atoms with Crippen LogP contribution in [-0.2, 0) is 0 Å². The summed E-state index contributed by atoms with van der Waals surface area (Å²) in [5, 5.41) is 1.94. The van der Waals surface area contributed by atoms with Gasteiger partial charge >= 0.3 is 0 Å². The molecular formula is C17H17N3O2S. The molecule has 0 N–H and O–H groups in total. The number of nitrogens with zero attached hydrogens (tertiary/aromatic N) is 3. The van der Waals surface area contributed by atoms with Gasteiger partial charge in [0.2, 0.25) is 0 Å². The number of thiophene rings is 1. The van der Waals surface area contributed by atoms with E-state index in [0.717, 1.165) is 42.3 Å². The highest BCUT2D eigenvalue weighted by Crippen LogP contribution is 2.22. The van der Waals surface area contributed by atoms with Crippen molar-refractivity contribution >= 4 is 22.9 Å². The summed E-state index contributed by atoms with van der Waals surface area (Å²) < 4.78 is 8.08. The van der Waals surface area contributed by atoms with Crippen LogP contribution in [0.3, 0.4) is 0 Å². The average Bonchev–Trinajstić information content (AvgIpc) is 3.27. The van der Waals surface area contributed by atoms with Gasteiger partial charge in [-0.25, -0.2) is 4.98 Å². The Morgan fingerprint density at radius 3 is 2.87 bits per heavy atom. The molecule has 23 heavy (non-hydrogen) atoms. The first kappa shape index (κ1) is 14.3. The number of carbonyl (C=O) groups is 1. The zero-order valence-electron chi connectivity index (χ0n) is 12.6. The Hall–Kier alpha value is -2.34. The van der Waals surface area contributed by atoms with Gasteiger partial charge < -0.3 is 9.64 Å². The lowest BCUT2D eigenvalue weighted by Gasteiger charge is -2.32. The molecule has 0 spiro atoms. The summed E-state index contributed by atoms with van der Waals surface area (Å²) in [6, 6.07) is 9.66. The fourth-order valence-corrected chi connectivity index (χ4v) is 3.61. The van der Waals surface area contributed by atoms with Crippen molar-refractivity contribution in [3.8, 4) is 5.88 Å². The number of pyridine rings is 1. The summed E-state index contributed by atoms with van der Waals surface area (Å²) >= 11 is 1.50. The largest absolute Gasteiger partial charge is 0.475 e. The Labute approximate surface area is 138 Å². The first-order chi connectivity index (χ1) is 11.3. The highest BCUT2D eigenvalue weighted by molar-refractivity contribution is 7.12. The van der Waals surface area contributed by atoms with Crippen LogP contribution in [0.4, 0.5) is 0 Å². The smallest absolute Gasteiger partial charge is 0.263 e. The minimum atomic E-state index is 0.134. The highest BCUT2D eigenvalue weighted by atomic mass is 32.1. The number of aromatic nitrogens is 2. The first-order valence-corrected chi connectivity index (χ1v) is 8.61. The third-order valence-corrected chi connectivity index (χ3v) is 5.00. The second-order valence-corrected chi connectivity index (χ2v) is 6.55. The zero-order chi connectivity index (χ0) is 15.6. The molecule has 118 valence electrons. The van der Waals surface area contributed by atoms with Crippen LogP contribution in [-0.4, -0.2) is 39.4 Å². The predicted molar refractivity (Wildman–Crippen MR) is 89.1 cm³/mol. The van der Waals surface area contributed by atoms with Crippen LogP contribution in [0.15, 0.2) is 48.1 Å². The van der Waals surface area contributed by atoms with Crippen molar-refractivity contribution in [1.29, 1.82) is 0 Å². The molecule has 0 atom stereocenters. The minimum absolute atomic E-state index is 0.134. The molecule has 0 unspecified atom stereocenters. The van der Waals surface area contributed by atoms with Gasteiger partial charge in [0.25, 0.3) is 5.91 Å². The molecule has 4 heterocycles. The maximum atomic E-state index is 12.3. The van der Waals surface area contributed by atoms with Gasteiger partial charge in [0.15, 0.2) is 5.88 Å². The van der Waals surface area contributed by atoms with Crippen molar-refractivity contribution in [3.63, 3.8) is 0 Å². The topological polar surface area (TPSA) is 46.8 Å². The lowest BCUT2D eigenvalue weighted by Crippen LogP contribution is -2.41. The average molecular weight is 327 g/mol. The number of piperidine rings is 1. The van der Waals surface area contributed by atoms with E-state index in [9.17, 15) is 4.79 Å². The number of hydrogen-bond donors (Lipinski definition) is 0. The minimum Gasteiger partial charge on any atom is -0.475 e. The molecule has 0 aliphatic carbocycles. The monoisotopic (exact) mass is 327 g/mol. The predicted octanol–water partition coefficient (Wildman–Crippen LogP) is 3.08. The van der Waals surface area contributed by atoms with E-state index >= 15 is 0 Å². The summed E-state index contributed by atoms with van der Waals surface area (Å²) in [7, 11) is 0. The van der Waals surface area contributed by atoms with Crippen LogP contribution >= 0.6 is 11.3 Å². The van der Waals surface area contributed by atoms with Gasteiger partial charge in [0, 0.05) is 38.3 Å². The number of fused-ring (bicyclic) bond motifs is 1. The van der Waals surface area contributed by atoms with E-state index in [1.807, 2.05) is 51.2 Å². The number of hydrogen-bond acceptors (Lipinski definition) is 4. The normalized spacial score (nSPS) is 15.9. The van der Waals surface area contributed by atoms with E-state index in [1.54, 1.807) is 6.20 Å². The van der Waals surface area contributed by atoms with Crippen LogP contribution in [0.5, 0.6) is 5.88 Å². The zero-order valence-corrected chi connectivity index (χ0v) is 13.4. The second kappa shape index (κ2) is 6.04. The molecule has 0 radical (unpaired) electrons. The molecule has 0 aromatic carbocycles. The standard InChI is InChI=1S/C17H17N3O2S/c21-17(14-3-2-12-23-14)19-9-6-13(7-10-19)22-16-5-1-4-15-18-8-11-20(15)16/h1-5,8,11-13H,6-7,9-10H2. The number of ether oxygens (including phenoxy) is 1. The maximum Gasteiger partial charge on any atom is 0.263 e. The van der Waals surface area contributed by atoms with Gasteiger partial charge in [-0.15, -0.1) is 11.3 Å². The second-order valence-electron chi connectivity index (χ2n) is 5.61. The van der Waals surface area contributed by atoms with Crippen molar-refractivity contribution in [2.45, 2.75) is 18.9 Å². The Morgan fingerprint density at radius 2 is 2.09 bits per heavy atom. The third-order valence-electron chi connectivity index (χ3n) is 4.14. The lowest BCUT2D eigenvalue weighted by atomic mass is 10.1. The van der Waals surface area contributed by atoms with E-state index in [4.69, 9.17) is 4.74 Å². The Kier molecular flexibility index (Phi) is 3.75. The summed E-state index contributed by atoms with van der Waals surface area (Å²) in [5.74, 6) is 0.943. The first-order valence-electron chi connectivity index (χ1n) is 7.73. The quantitative estimate of drug-likeness (QED) is 0.743. The maximum absolute atomic E-state index is 12.3. The molecule has 1 saturated heterocycles. The fraction of sp³-hybridized carbons (Fsp3) is 0.294. The number of imidazole rings is 1. The fourth-order valence-electron chi connectivity index (χ4n) is 2.92. The van der Waals surface area contributed by atoms with E-state index in [0.29, 0.717) is 0 Å². The summed E-state index contributed by atoms with van der Waals surface area (Å²) in [6.07, 6.45) is 5.50. The molecule has 3 aromatic heterocycles. The molecule has 4 rings (SSSR count). The molecular weight excluding hydrogens is 310 g/mol. The van der Waals surface area contributed by atoms with Crippen LogP contribution in [0.1, 0.15) is 22.5 Å². The van der Waals surface area contributed by atoms with Gasteiger partial charge in [-0.05, 0) is 23.6 Å². The van der Waals surface area contributed by atoms with E-state index in [1.165, 1.54) is 11.3 Å². The van der Waals surface area contributed by atoms with Crippen LogP contribution in [0.2, 0.25) is 0 Å². The Morgan fingerprint density at radius 1 is 1.22 bits per heavy atom. The third kappa shape index (κ3) is 2.82. The number of amides is 1. The van der Waals surface area contributed by atoms with Gasteiger partial charge in [-0.3, -0.25) is 9.20 Å². The van der Waals surface area contributed by atoms with Crippen molar-refractivity contribution < 1.29 is 9.53 Å². The summed E-state index contributed by atoms with van der Waals surface area (Å²) in [6.45, 7) is 1.47. The Bertz CT molecular complexity index is 804. The number of rotatable bonds is 3. The van der Waals surface area contributed by atoms with E-state index < -0.39 is 0 Å².